The molecule has 4 aliphatic carbocycles. The fraction of sp³-hybridized carbons (Fsp3) is 0.606. The second kappa shape index (κ2) is 11.1. The summed E-state index contributed by atoms with van der Waals surface area (Å²) in [5.41, 5.74) is -1.37. The van der Waals surface area contributed by atoms with Crippen LogP contribution in [-0.4, -0.2) is 56.1 Å². The molecule has 242 valence electrons. The number of carbonyl (C=O) groups is 1. The van der Waals surface area contributed by atoms with Crippen LogP contribution in [-0.2, 0) is 15.6 Å². The van der Waals surface area contributed by atoms with Crippen LogP contribution in [0.15, 0.2) is 41.2 Å². The zero-order valence-corrected chi connectivity index (χ0v) is 26.2. The molecule has 0 spiro atoms. The van der Waals surface area contributed by atoms with Crippen LogP contribution in [0.4, 0.5) is 18.9 Å². The fourth-order valence-corrected chi connectivity index (χ4v) is 7.10. The van der Waals surface area contributed by atoms with Gasteiger partial charge in [-0.2, -0.15) is 18.2 Å². The molecule has 7 rings (SSSR count). The molecular weight excluding hydrogens is 587 g/mol. The van der Waals surface area contributed by atoms with Crippen molar-refractivity contribution in [2.75, 3.05) is 18.1 Å². The Morgan fingerprint density at radius 3 is 2.24 bits per heavy atom. The number of alkyl halides is 3. The summed E-state index contributed by atoms with van der Waals surface area (Å²) < 4.78 is 51.6. The Bertz CT molecular complexity index is 1520. The van der Waals surface area contributed by atoms with Crippen molar-refractivity contribution in [1.82, 2.24) is 20.1 Å². The molecule has 0 saturated heterocycles. The number of carbonyl (C=O) groups excluding carboxylic acids is 1. The molecule has 0 atom stereocenters. The average Bonchev–Trinajstić information content (AvgIpc) is 3.52. The number of nitrogens with zero attached hydrogens (tertiary/aromatic N) is 5. The van der Waals surface area contributed by atoms with E-state index in [0.717, 1.165) is 49.7 Å². The van der Waals surface area contributed by atoms with Crippen LogP contribution in [0.2, 0.25) is 0 Å². The van der Waals surface area contributed by atoms with Gasteiger partial charge >= 0.3 is 12.2 Å². The monoisotopic (exact) mass is 627 g/mol. The summed E-state index contributed by atoms with van der Waals surface area (Å²) in [6.45, 7) is 8.80. The highest BCUT2D eigenvalue weighted by molar-refractivity contribution is 5.96. The van der Waals surface area contributed by atoms with E-state index in [1.807, 2.05) is 52.0 Å². The highest BCUT2D eigenvalue weighted by Gasteiger charge is 2.63. The van der Waals surface area contributed by atoms with Crippen molar-refractivity contribution in [2.24, 2.45) is 11.3 Å². The summed E-state index contributed by atoms with van der Waals surface area (Å²) in [5.74, 6) is 0.0431. The predicted molar refractivity (Wildman–Crippen MR) is 160 cm³/mol. The molecule has 0 unspecified atom stereocenters. The van der Waals surface area contributed by atoms with Crippen molar-refractivity contribution in [2.45, 2.75) is 102 Å². The summed E-state index contributed by atoms with van der Waals surface area (Å²) in [6.07, 6.45) is 2.21. The van der Waals surface area contributed by atoms with E-state index >= 15 is 0 Å². The number of anilines is 1. The maximum atomic E-state index is 14.0. The Labute approximate surface area is 260 Å². The van der Waals surface area contributed by atoms with Crippen LogP contribution >= 0.6 is 0 Å². The zero-order valence-electron chi connectivity index (χ0n) is 26.2. The number of amides is 1. The molecule has 4 saturated carbocycles. The van der Waals surface area contributed by atoms with E-state index < -0.39 is 36.4 Å². The van der Waals surface area contributed by atoms with E-state index in [1.165, 1.54) is 0 Å². The summed E-state index contributed by atoms with van der Waals surface area (Å²) >= 11 is 0. The van der Waals surface area contributed by atoms with Crippen molar-refractivity contribution >= 4 is 11.6 Å². The van der Waals surface area contributed by atoms with Crippen molar-refractivity contribution in [3.8, 4) is 17.1 Å². The molecule has 1 amide bonds. The minimum absolute atomic E-state index is 0.197. The molecule has 1 N–H and O–H groups in total. The number of hydrogen-bond donors (Lipinski definition) is 1. The third-order valence-electron chi connectivity index (χ3n) is 10.1. The molecular formula is C33H40F3N5O4. The Hall–Kier alpha value is -3.54. The number of rotatable bonds is 8. The lowest BCUT2D eigenvalue weighted by atomic mass is 9.53. The summed E-state index contributed by atoms with van der Waals surface area (Å²) in [7, 11) is 0. The zero-order chi connectivity index (χ0) is 32.3. The van der Waals surface area contributed by atoms with Gasteiger partial charge in [0.2, 0.25) is 11.8 Å². The van der Waals surface area contributed by atoms with Crippen LogP contribution in [0.25, 0.3) is 11.1 Å². The van der Waals surface area contributed by atoms with Crippen molar-refractivity contribution in [3.05, 3.63) is 48.4 Å². The third-order valence-corrected chi connectivity index (χ3v) is 10.1. The number of aromatic nitrogens is 4. The van der Waals surface area contributed by atoms with E-state index in [9.17, 15) is 23.1 Å². The highest BCUT2D eigenvalue weighted by atomic mass is 19.4. The van der Waals surface area contributed by atoms with Gasteiger partial charge in [0.05, 0.1) is 6.61 Å². The highest BCUT2D eigenvalue weighted by Crippen LogP contribution is 2.58. The molecule has 45 heavy (non-hydrogen) atoms. The van der Waals surface area contributed by atoms with Crippen LogP contribution in [0, 0.1) is 11.3 Å². The standard InChI is InChI=1S/C33H40F3N5O4/c1-5-44-28-37-18-23(19-38-28)21-7-6-8-24(15-21)41(25(42)22-16-32(43,17-22)33(34,35)36)20-30-9-12-31(13-10-30,14-11-30)27-39-26(40-45-27)29(2,3)4/h6-8,15,18-19,22,43H,5,9-14,16-17,20H2,1-4H3. The molecule has 4 aliphatic rings. The van der Waals surface area contributed by atoms with Gasteiger partial charge in [0.1, 0.15) is 0 Å². The van der Waals surface area contributed by atoms with Crippen molar-refractivity contribution in [3.63, 3.8) is 0 Å². The molecule has 12 heteroatoms. The molecule has 2 bridgehead atoms. The van der Waals surface area contributed by atoms with Crippen LogP contribution in [0.5, 0.6) is 6.01 Å². The Morgan fingerprint density at radius 2 is 1.69 bits per heavy atom. The van der Waals surface area contributed by atoms with Crippen LogP contribution < -0.4 is 9.64 Å². The van der Waals surface area contributed by atoms with E-state index in [1.54, 1.807) is 17.3 Å². The Morgan fingerprint density at radius 1 is 1.04 bits per heavy atom. The SMILES string of the molecule is CCOc1ncc(-c2cccc(N(CC34CCC(c5nc(C(C)(C)C)no5)(CC3)CC4)C(=O)C3CC(O)(C(F)(F)F)C3)c2)cn1. The van der Waals surface area contributed by atoms with Gasteiger partial charge in [-0.3, -0.25) is 4.79 Å². The summed E-state index contributed by atoms with van der Waals surface area (Å²) in [5, 5.41) is 14.4. The maximum Gasteiger partial charge on any atom is 0.417 e. The molecule has 2 heterocycles. The smallest absolute Gasteiger partial charge is 0.417 e. The summed E-state index contributed by atoms with van der Waals surface area (Å²) in [4.78, 5) is 28.9. The normalized spacial score (nSPS) is 28.0. The minimum atomic E-state index is -4.78. The van der Waals surface area contributed by atoms with Gasteiger partial charge in [0.25, 0.3) is 0 Å². The van der Waals surface area contributed by atoms with Gasteiger partial charge < -0.3 is 19.3 Å². The minimum Gasteiger partial charge on any atom is -0.464 e. The first kappa shape index (κ1) is 31.4. The van der Waals surface area contributed by atoms with Crippen molar-refractivity contribution < 1.29 is 32.3 Å². The van der Waals surface area contributed by atoms with Gasteiger partial charge in [-0.1, -0.05) is 38.1 Å². The molecule has 2 aromatic heterocycles. The number of aliphatic hydroxyl groups is 1. The predicted octanol–water partition coefficient (Wildman–Crippen LogP) is 6.55. The van der Waals surface area contributed by atoms with Crippen LogP contribution in [0.1, 0.15) is 90.8 Å². The molecule has 0 aliphatic heterocycles. The largest absolute Gasteiger partial charge is 0.464 e. The van der Waals surface area contributed by atoms with E-state index in [-0.39, 0.29) is 22.3 Å². The second-order valence-corrected chi connectivity index (χ2v) is 14.3. The molecule has 4 fully saturated rings. The average molecular weight is 628 g/mol. The number of hydrogen-bond acceptors (Lipinski definition) is 8. The van der Waals surface area contributed by atoms with Crippen molar-refractivity contribution in [1.29, 1.82) is 0 Å². The number of ether oxygens (including phenoxy) is 1. The quantitative estimate of drug-likeness (QED) is 0.299. The summed E-state index contributed by atoms with van der Waals surface area (Å²) in [6, 6.07) is 7.62. The van der Waals surface area contributed by atoms with E-state index in [4.69, 9.17) is 14.2 Å². The van der Waals surface area contributed by atoms with Gasteiger partial charge in [-0.15, -0.1) is 0 Å². The van der Waals surface area contributed by atoms with E-state index in [0.29, 0.717) is 30.6 Å². The number of fused-ring (bicyclic) bond motifs is 3. The lowest BCUT2D eigenvalue weighted by molar-refractivity contribution is -0.295. The van der Waals surface area contributed by atoms with Gasteiger partial charge in [0.15, 0.2) is 11.4 Å². The number of benzene rings is 1. The van der Waals surface area contributed by atoms with Gasteiger partial charge in [-0.05, 0) is 81.4 Å². The second-order valence-electron chi connectivity index (χ2n) is 14.3. The van der Waals surface area contributed by atoms with Gasteiger partial charge in [-0.25, -0.2) is 9.97 Å². The Kier molecular flexibility index (Phi) is 7.73. The molecule has 3 aromatic rings. The lowest BCUT2D eigenvalue weighted by Crippen LogP contribution is -2.60. The fourth-order valence-electron chi connectivity index (χ4n) is 7.10. The van der Waals surface area contributed by atoms with Crippen LogP contribution in [0.3, 0.4) is 0 Å². The Balaban J connectivity index is 1.26. The topological polar surface area (TPSA) is 114 Å². The van der Waals surface area contributed by atoms with Gasteiger partial charge in [0, 0.05) is 46.9 Å². The lowest BCUT2D eigenvalue weighted by Gasteiger charge is -2.53. The first-order chi connectivity index (χ1) is 21.2. The first-order valence-corrected chi connectivity index (χ1v) is 15.7. The molecule has 0 radical (unpaired) electrons. The maximum absolute atomic E-state index is 14.0. The third kappa shape index (κ3) is 5.81. The first-order valence-electron chi connectivity index (χ1n) is 15.7. The van der Waals surface area contributed by atoms with E-state index in [2.05, 4.69) is 15.1 Å². The molecule has 1 aromatic carbocycles. The number of halogens is 3. The molecule has 9 nitrogen and oxygen atoms in total.